The third-order valence-electron chi connectivity index (χ3n) is 3.58. The molecule has 1 heterocycles. The first-order valence-corrected chi connectivity index (χ1v) is 7.84. The second-order valence-corrected chi connectivity index (χ2v) is 6.49. The number of imide groups is 1. The fraction of sp³-hybridized carbons (Fsp3) is 0.444. The second kappa shape index (κ2) is 6.86. The zero-order chi connectivity index (χ0) is 17.1. The highest BCUT2D eigenvalue weighted by atomic mass is 16.2. The Morgan fingerprint density at radius 1 is 0.957 bits per heavy atom. The predicted octanol–water partition coefficient (Wildman–Crippen LogP) is 2.64. The number of Topliss-reactive ketones (excluding diaryl/α,β-unsaturated/α-hetero) is 2. The van der Waals surface area contributed by atoms with E-state index in [1.165, 1.54) is 0 Å². The van der Waals surface area contributed by atoms with Crippen molar-refractivity contribution in [2.45, 2.75) is 46.1 Å². The molecule has 1 aromatic rings. The van der Waals surface area contributed by atoms with Gasteiger partial charge in [0.1, 0.15) is 5.78 Å². The minimum atomic E-state index is -0.787. The van der Waals surface area contributed by atoms with E-state index < -0.39 is 17.9 Å². The van der Waals surface area contributed by atoms with E-state index in [0.717, 1.165) is 10.8 Å². The molecular formula is C18H21NO4. The molecule has 2 amide bonds. The van der Waals surface area contributed by atoms with E-state index in [1.54, 1.807) is 24.3 Å². The summed E-state index contributed by atoms with van der Waals surface area (Å²) in [4.78, 5) is 48.5. The molecule has 1 aliphatic heterocycles. The molecule has 5 nitrogen and oxygen atoms in total. The van der Waals surface area contributed by atoms with Crippen LogP contribution in [0.15, 0.2) is 24.3 Å². The standard InChI is InChI=1S/C14H11NO4.C4H10/c16-8-5-6-11(12(17)7-8)15-13(18)9-3-1-2-4-10(9)14(15)19;1-4(2)3/h1-4,11H,5-7H2;4H,1-3H3. The van der Waals surface area contributed by atoms with Crippen molar-refractivity contribution in [1.29, 1.82) is 0 Å². The Kier molecular flexibility index (Phi) is 5.08. The van der Waals surface area contributed by atoms with Crippen LogP contribution in [0.3, 0.4) is 0 Å². The van der Waals surface area contributed by atoms with Crippen LogP contribution >= 0.6 is 0 Å². The first kappa shape index (κ1) is 17.1. The lowest BCUT2D eigenvalue weighted by Gasteiger charge is -2.27. The molecule has 122 valence electrons. The lowest BCUT2D eigenvalue weighted by atomic mass is 9.92. The van der Waals surface area contributed by atoms with E-state index in [0.29, 0.717) is 11.1 Å². The summed E-state index contributed by atoms with van der Waals surface area (Å²) < 4.78 is 0. The molecule has 1 fully saturated rings. The van der Waals surface area contributed by atoms with Crippen molar-refractivity contribution >= 4 is 23.4 Å². The van der Waals surface area contributed by atoms with Crippen LogP contribution in [0.4, 0.5) is 0 Å². The number of nitrogens with zero attached hydrogens (tertiary/aromatic N) is 1. The van der Waals surface area contributed by atoms with Gasteiger partial charge in [0, 0.05) is 6.42 Å². The Bertz CT molecular complexity index is 625. The molecule has 0 N–H and O–H groups in total. The van der Waals surface area contributed by atoms with Crippen molar-refractivity contribution in [1.82, 2.24) is 4.90 Å². The van der Waals surface area contributed by atoms with Crippen LogP contribution < -0.4 is 0 Å². The Morgan fingerprint density at radius 2 is 1.43 bits per heavy atom. The van der Waals surface area contributed by atoms with Gasteiger partial charge in [-0.2, -0.15) is 0 Å². The molecule has 1 saturated carbocycles. The number of benzene rings is 1. The van der Waals surface area contributed by atoms with E-state index in [1.807, 2.05) is 0 Å². The summed E-state index contributed by atoms with van der Waals surface area (Å²) in [6.45, 7) is 6.50. The van der Waals surface area contributed by atoms with Crippen LogP contribution in [0, 0.1) is 5.92 Å². The van der Waals surface area contributed by atoms with Gasteiger partial charge < -0.3 is 0 Å². The Morgan fingerprint density at radius 3 is 1.87 bits per heavy atom. The van der Waals surface area contributed by atoms with Crippen molar-refractivity contribution in [3.8, 4) is 0 Å². The topological polar surface area (TPSA) is 71.5 Å². The minimum absolute atomic E-state index is 0.127. The largest absolute Gasteiger partial charge is 0.299 e. The van der Waals surface area contributed by atoms with Crippen molar-refractivity contribution < 1.29 is 19.2 Å². The van der Waals surface area contributed by atoms with E-state index in [2.05, 4.69) is 20.8 Å². The van der Waals surface area contributed by atoms with Crippen molar-refractivity contribution in [3.05, 3.63) is 35.4 Å². The third kappa shape index (κ3) is 3.55. The zero-order valence-corrected chi connectivity index (χ0v) is 13.7. The molecule has 1 atom stereocenters. The van der Waals surface area contributed by atoms with E-state index >= 15 is 0 Å². The van der Waals surface area contributed by atoms with Crippen LogP contribution in [-0.2, 0) is 9.59 Å². The number of rotatable bonds is 1. The van der Waals surface area contributed by atoms with Gasteiger partial charge in [0.2, 0.25) is 0 Å². The molecule has 0 bridgehead atoms. The molecule has 23 heavy (non-hydrogen) atoms. The van der Waals surface area contributed by atoms with Gasteiger partial charge in [-0.25, -0.2) is 0 Å². The molecule has 1 aromatic carbocycles. The van der Waals surface area contributed by atoms with Gasteiger partial charge in [0.25, 0.3) is 11.8 Å². The van der Waals surface area contributed by atoms with Gasteiger partial charge in [0.15, 0.2) is 5.78 Å². The molecule has 1 unspecified atom stereocenters. The summed E-state index contributed by atoms with van der Waals surface area (Å²) in [7, 11) is 0. The molecule has 0 aromatic heterocycles. The van der Waals surface area contributed by atoms with Gasteiger partial charge in [-0.1, -0.05) is 32.9 Å². The van der Waals surface area contributed by atoms with Crippen LogP contribution in [-0.4, -0.2) is 34.3 Å². The Hall–Kier alpha value is -2.30. The summed E-state index contributed by atoms with van der Waals surface area (Å²) in [5.41, 5.74) is 0.661. The lowest BCUT2D eigenvalue weighted by Crippen LogP contribution is -2.47. The number of carbonyl (C=O) groups excluding carboxylic acids is 4. The number of ketones is 2. The van der Waals surface area contributed by atoms with Crippen LogP contribution in [0.25, 0.3) is 0 Å². The number of carbonyl (C=O) groups is 4. The fourth-order valence-electron chi connectivity index (χ4n) is 2.62. The second-order valence-electron chi connectivity index (χ2n) is 6.49. The Labute approximate surface area is 135 Å². The van der Waals surface area contributed by atoms with Crippen LogP contribution in [0.2, 0.25) is 0 Å². The quantitative estimate of drug-likeness (QED) is 0.590. The average Bonchev–Trinajstić information content (AvgIpc) is 2.72. The predicted molar refractivity (Wildman–Crippen MR) is 85.1 cm³/mol. The fourth-order valence-corrected chi connectivity index (χ4v) is 2.62. The molecule has 5 heteroatoms. The summed E-state index contributed by atoms with van der Waals surface area (Å²) in [5, 5.41) is 0. The number of fused-ring (bicyclic) bond motifs is 1. The first-order valence-electron chi connectivity index (χ1n) is 7.84. The first-order chi connectivity index (χ1) is 10.8. The SMILES string of the molecule is CC(C)C.O=C1CCC(N2C(=O)c3ccccc3C2=O)C(=O)C1. The molecule has 0 spiro atoms. The summed E-state index contributed by atoms with van der Waals surface area (Å²) in [5.74, 6) is -0.509. The minimum Gasteiger partial charge on any atom is -0.299 e. The van der Waals surface area contributed by atoms with Gasteiger partial charge in [-0.3, -0.25) is 24.1 Å². The van der Waals surface area contributed by atoms with Crippen molar-refractivity contribution in [3.63, 3.8) is 0 Å². The van der Waals surface area contributed by atoms with Crippen LogP contribution in [0.5, 0.6) is 0 Å². The lowest BCUT2D eigenvalue weighted by molar-refractivity contribution is -0.132. The maximum atomic E-state index is 12.2. The molecule has 0 radical (unpaired) electrons. The van der Waals surface area contributed by atoms with Gasteiger partial charge in [-0.15, -0.1) is 0 Å². The monoisotopic (exact) mass is 315 g/mol. The van der Waals surface area contributed by atoms with Crippen LogP contribution in [0.1, 0.15) is 60.7 Å². The van der Waals surface area contributed by atoms with Gasteiger partial charge in [0.05, 0.1) is 23.6 Å². The highest BCUT2D eigenvalue weighted by molar-refractivity contribution is 6.23. The summed E-state index contributed by atoms with van der Waals surface area (Å²) in [6, 6.07) is 5.73. The molecule has 0 saturated heterocycles. The number of amides is 2. The molecule has 3 rings (SSSR count). The van der Waals surface area contributed by atoms with Crippen molar-refractivity contribution in [2.75, 3.05) is 0 Å². The highest BCUT2D eigenvalue weighted by Crippen LogP contribution is 2.28. The normalized spacial score (nSPS) is 20.5. The maximum Gasteiger partial charge on any atom is 0.262 e. The van der Waals surface area contributed by atoms with Gasteiger partial charge >= 0.3 is 0 Å². The van der Waals surface area contributed by atoms with E-state index in [-0.39, 0.29) is 30.8 Å². The Balaban J connectivity index is 0.000000433. The van der Waals surface area contributed by atoms with E-state index in [4.69, 9.17) is 0 Å². The smallest absolute Gasteiger partial charge is 0.262 e. The molecule has 2 aliphatic rings. The third-order valence-corrected chi connectivity index (χ3v) is 3.58. The zero-order valence-electron chi connectivity index (χ0n) is 13.7. The summed E-state index contributed by atoms with van der Waals surface area (Å²) >= 11 is 0. The number of hydrogen-bond acceptors (Lipinski definition) is 4. The molecule has 1 aliphatic carbocycles. The van der Waals surface area contributed by atoms with E-state index in [9.17, 15) is 19.2 Å². The highest BCUT2D eigenvalue weighted by Gasteiger charge is 2.43. The molecular weight excluding hydrogens is 294 g/mol. The van der Waals surface area contributed by atoms with Gasteiger partial charge in [-0.05, 0) is 24.5 Å². The maximum absolute atomic E-state index is 12.2. The van der Waals surface area contributed by atoms with Crippen molar-refractivity contribution in [2.24, 2.45) is 5.92 Å². The number of hydrogen-bond donors (Lipinski definition) is 0. The summed E-state index contributed by atoms with van der Waals surface area (Å²) in [6.07, 6.45) is 0.297. The average molecular weight is 315 g/mol.